The van der Waals surface area contributed by atoms with Gasteiger partial charge in [0.1, 0.15) is 0 Å². The van der Waals surface area contributed by atoms with Crippen molar-refractivity contribution in [2.45, 2.75) is 46.5 Å². The first kappa shape index (κ1) is 12.9. The van der Waals surface area contributed by atoms with E-state index in [4.69, 9.17) is 0 Å². The molecule has 0 unspecified atom stereocenters. The molecule has 0 aliphatic rings. The number of aromatic nitrogens is 1. The van der Waals surface area contributed by atoms with Crippen LogP contribution >= 0.6 is 0 Å². The molecule has 0 fully saturated rings. The lowest BCUT2D eigenvalue weighted by atomic mass is 9.95. The highest BCUT2D eigenvalue weighted by Crippen LogP contribution is 2.29. The summed E-state index contributed by atoms with van der Waals surface area (Å²) in [5.74, 6) is 0.608. The molecule has 18 heavy (non-hydrogen) atoms. The van der Waals surface area contributed by atoms with Crippen molar-refractivity contribution in [3.05, 3.63) is 47.2 Å². The lowest BCUT2D eigenvalue weighted by molar-refractivity contribution is 0.693. The normalized spacial score (nSPS) is 12.7. The lowest BCUT2D eigenvalue weighted by Crippen LogP contribution is -1.91. The third kappa shape index (κ3) is 2.84. The molecule has 1 N–H and O–H groups in total. The second-order valence-corrected chi connectivity index (χ2v) is 5.55. The van der Waals surface area contributed by atoms with E-state index in [1.807, 2.05) is 0 Å². The SMILES string of the molecule is CC(C)=CCC[C@H](C)c1c[nH]c2ccc(C)cc12. The Balaban J connectivity index is 2.19. The summed E-state index contributed by atoms with van der Waals surface area (Å²) in [5.41, 5.74) is 5.46. The van der Waals surface area contributed by atoms with Gasteiger partial charge in [0.15, 0.2) is 0 Å². The minimum atomic E-state index is 0.608. The zero-order valence-electron chi connectivity index (χ0n) is 11.9. The Morgan fingerprint density at radius 1 is 1.33 bits per heavy atom. The van der Waals surface area contributed by atoms with Crippen LogP contribution in [-0.4, -0.2) is 4.98 Å². The topological polar surface area (TPSA) is 15.8 Å². The zero-order chi connectivity index (χ0) is 13.1. The Bertz CT molecular complexity index is 556. The maximum atomic E-state index is 3.38. The number of H-pyrrole nitrogens is 1. The Labute approximate surface area is 110 Å². The Hall–Kier alpha value is -1.50. The van der Waals surface area contributed by atoms with Crippen LogP contribution in [0.3, 0.4) is 0 Å². The van der Waals surface area contributed by atoms with Crippen molar-refractivity contribution >= 4 is 10.9 Å². The van der Waals surface area contributed by atoms with Crippen LogP contribution in [-0.2, 0) is 0 Å². The Morgan fingerprint density at radius 3 is 2.83 bits per heavy atom. The Kier molecular flexibility index (Phi) is 3.90. The van der Waals surface area contributed by atoms with Gasteiger partial charge in [-0.25, -0.2) is 0 Å². The second-order valence-electron chi connectivity index (χ2n) is 5.55. The van der Waals surface area contributed by atoms with Crippen LogP contribution in [0.15, 0.2) is 36.0 Å². The lowest BCUT2D eigenvalue weighted by Gasteiger charge is -2.09. The zero-order valence-corrected chi connectivity index (χ0v) is 11.9. The molecule has 0 aliphatic heterocycles. The molecule has 2 rings (SSSR count). The van der Waals surface area contributed by atoms with Crippen molar-refractivity contribution in [1.82, 2.24) is 4.98 Å². The first-order valence-electron chi connectivity index (χ1n) is 6.79. The number of benzene rings is 1. The van der Waals surface area contributed by atoms with Crippen molar-refractivity contribution in [3.63, 3.8) is 0 Å². The highest BCUT2D eigenvalue weighted by Gasteiger charge is 2.10. The van der Waals surface area contributed by atoms with Gasteiger partial charge in [-0.2, -0.15) is 0 Å². The van der Waals surface area contributed by atoms with Gasteiger partial charge in [-0.3, -0.25) is 0 Å². The van der Waals surface area contributed by atoms with E-state index < -0.39 is 0 Å². The fourth-order valence-corrected chi connectivity index (χ4v) is 2.44. The fraction of sp³-hybridized carbons (Fsp3) is 0.412. The summed E-state index contributed by atoms with van der Waals surface area (Å²) in [6.07, 6.45) is 6.89. The first-order valence-corrected chi connectivity index (χ1v) is 6.79. The molecule has 1 aromatic carbocycles. The molecule has 2 aromatic rings. The van der Waals surface area contributed by atoms with Crippen molar-refractivity contribution in [2.24, 2.45) is 0 Å². The molecule has 96 valence electrons. The maximum Gasteiger partial charge on any atom is 0.0457 e. The van der Waals surface area contributed by atoms with Gasteiger partial charge in [0.2, 0.25) is 0 Å². The monoisotopic (exact) mass is 241 g/mol. The van der Waals surface area contributed by atoms with E-state index in [1.54, 1.807) is 0 Å². The summed E-state index contributed by atoms with van der Waals surface area (Å²) in [6.45, 7) is 8.81. The number of hydrogen-bond donors (Lipinski definition) is 1. The van der Waals surface area contributed by atoms with Crippen LogP contribution in [0.4, 0.5) is 0 Å². The van der Waals surface area contributed by atoms with Gasteiger partial charge in [-0.15, -0.1) is 0 Å². The molecule has 0 aliphatic carbocycles. The highest BCUT2D eigenvalue weighted by atomic mass is 14.7. The molecule has 0 bridgehead atoms. The van der Waals surface area contributed by atoms with E-state index in [1.165, 1.54) is 40.4 Å². The van der Waals surface area contributed by atoms with Gasteiger partial charge in [0.25, 0.3) is 0 Å². The first-order chi connectivity index (χ1) is 8.58. The van der Waals surface area contributed by atoms with Crippen LogP contribution in [0.2, 0.25) is 0 Å². The third-order valence-electron chi connectivity index (χ3n) is 3.55. The molecular formula is C17H23N. The molecule has 0 radical (unpaired) electrons. The summed E-state index contributed by atoms with van der Waals surface area (Å²) in [5, 5.41) is 1.39. The van der Waals surface area contributed by atoms with E-state index in [0.29, 0.717) is 5.92 Å². The van der Waals surface area contributed by atoms with Crippen LogP contribution in [0.5, 0.6) is 0 Å². The standard InChI is InChI=1S/C17H23N/c1-12(2)6-5-7-14(4)16-11-18-17-9-8-13(3)10-15(16)17/h6,8-11,14,18H,5,7H2,1-4H3/t14-/m0/s1. The summed E-state index contributed by atoms with van der Waals surface area (Å²) >= 11 is 0. The molecule has 1 atom stereocenters. The van der Waals surface area contributed by atoms with Gasteiger partial charge in [-0.05, 0) is 57.2 Å². The van der Waals surface area contributed by atoms with Gasteiger partial charge < -0.3 is 4.98 Å². The van der Waals surface area contributed by atoms with E-state index >= 15 is 0 Å². The summed E-state index contributed by atoms with van der Waals surface area (Å²) < 4.78 is 0. The number of hydrogen-bond acceptors (Lipinski definition) is 0. The van der Waals surface area contributed by atoms with Crippen molar-refractivity contribution in [2.75, 3.05) is 0 Å². The Morgan fingerprint density at radius 2 is 2.11 bits per heavy atom. The fourth-order valence-electron chi connectivity index (χ4n) is 2.44. The van der Waals surface area contributed by atoms with Crippen LogP contribution < -0.4 is 0 Å². The van der Waals surface area contributed by atoms with Crippen LogP contribution in [0.25, 0.3) is 10.9 Å². The average Bonchev–Trinajstić information content (AvgIpc) is 2.71. The number of nitrogens with one attached hydrogen (secondary N) is 1. The van der Waals surface area contributed by atoms with E-state index in [9.17, 15) is 0 Å². The van der Waals surface area contributed by atoms with Crippen LogP contribution in [0, 0.1) is 6.92 Å². The maximum absolute atomic E-state index is 3.38. The van der Waals surface area contributed by atoms with Gasteiger partial charge in [0.05, 0.1) is 0 Å². The highest BCUT2D eigenvalue weighted by molar-refractivity contribution is 5.84. The van der Waals surface area contributed by atoms with Gasteiger partial charge in [-0.1, -0.05) is 30.2 Å². The molecule has 0 amide bonds. The van der Waals surface area contributed by atoms with Crippen LogP contribution in [0.1, 0.15) is 50.7 Å². The summed E-state index contributed by atoms with van der Waals surface area (Å²) in [6, 6.07) is 6.63. The molecule has 0 saturated carbocycles. The number of aryl methyl sites for hydroxylation is 1. The molecule has 1 heterocycles. The number of fused-ring (bicyclic) bond motifs is 1. The predicted molar refractivity (Wildman–Crippen MR) is 80.1 cm³/mol. The molecule has 0 spiro atoms. The van der Waals surface area contributed by atoms with E-state index in [2.05, 4.69) is 63.2 Å². The largest absolute Gasteiger partial charge is 0.361 e. The molecule has 0 saturated heterocycles. The van der Waals surface area contributed by atoms with Crippen molar-refractivity contribution < 1.29 is 0 Å². The smallest absolute Gasteiger partial charge is 0.0457 e. The molecule has 1 aromatic heterocycles. The number of rotatable bonds is 4. The third-order valence-corrected chi connectivity index (χ3v) is 3.55. The number of aromatic amines is 1. The van der Waals surface area contributed by atoms with Crippen molar-refractivity contribution in [1.29, 1.82) is 0 Å². The minimum absolute atomic E-state index is 0.608. The average molecular weight is 241 g/mol. The van der Waals surface area contributed by atoms with E-state index in [-0.39, 0.29) is 0 Å². The quantitative estimate of drug-likeness (QED) is 0.697. The van der Waals surface area contributed by atoms with Gasteiger partial charge >= 0.3 is 0 Å². The second kappa shape index (κ2) is 5.43. The predicted octanol–water partition coefficient (Wildman–Crippen LogP) is 5.33. The summed E-state index contributed by atoms with van der Waals surface area (Å²) in [7, 11) is 0. The van der Waals surface area contributed by atoms with Gasteiger partial charge in [0, 0.05) is 17.1 Å². The molecule has 1 heteroatoms. The van der Waals surface area contributed by atoms with E-state index in [0.717, 1.165) is 0 Å². The molecule has 1 nitrogen and oxygen atoms in total. The minimum Gasteiger partial charge on any atom is -0.361 e. The number of allylic oxidation sites excluding steroid dienone is 2. The van der Waals surface area contributed by atoms with Crippen molar-refractivity contribution in [3.8, 4) is 0 Å². The molecular weight excluding hydrogens is 218 g/mol. The summed E-state index contributed by atoms with van der Waals surface area (Å²) in [4.78, 5) is 3.38.